The van der Waals surface area contributed by atoms with Crippen LogP contribution in [-0.4, -0.2) is 35.7 Å². The van der Waals surface area contributed by atoms with Gasteiger partial charge in [0.1, 0.15) is 11.6 Å². The number of amides is 1. The van der Waals surface area contributed by atoms with Crippen LogP contribution in [0.15, 0.2) is 0 Å². The number of carbonyl (C=O) groups is 2. The van der Waals surface area contributed by atoms with E-state index < -0.39 is 17.6 Å². The maximum Gasteiger partial charge on any atom is 0.328 e. The highest BCUT2D eigenvalue weighted by molar-refractivity contribution is 5.86. The number of carbonyl (C=O) groups excluding carboxylic acids is 2. The van der Waals surface area contributed by atoms with Crippen LogP contribution in [0, 0.1) is 11.8 Å². The minimum absolute atomic E-state index is 0.0533. The molecular formula is C15H27NO4. The SMILES string of the molecule is CC1OC(C)C(C(=O)N[C@@H](C)C(=O)OC(C)(C)C)C1C. The van der Waals surface area contributed by atoms with E-state index in [0.717, 1.165) is 0 Å². The van der Waals surface area contributed by atoms with Gasteiger partial charge in [0.2, 0.25) is 5.91 Å². The molecular weight excluding hydrogens is 258 g/mol. The first kappa shape index (κ1) is 17.0. The molecule has 0 radical (unpaired) electrons. The zero-order chi connectivity index (χ0) is 15.7. The van der Waals surface area contributed by atoms with Crippen molar-refractivity contribution < 1.29 is 19.1 Å². The van der Waals surface area contributed by atoms with Crippen molar-refractivity contribution >= 4 is 11.9 Å². The topological polar surface area (TPSA) is 64.6 Å². The van der Waals surface area contributed by atoms with Crippen LogP contribution in [0.4, 0.5) is 0 Å². The molecule has 116 valence electrons. The van der Waals surface area contributed by atoms with E-state index in [0.29, 0.717) is 0 Å². The van der Waals surface area contributed by atoms with Gasteiger partial charge in [-0.05, 0) is 47.5 Å². The van der Waals surface area contributed by atoms with Gasteiger partial charge >= 0.3 is 5.97 Å². The standard InChI is InChI=1S/C15H27NO4/c1-8-10(3)19-11(4)12(8)13(17)16-9(2)14(18)20-15(5,6)7/h8-12H,1-7H3,(H,16,17)/t8?,9-,10?,11?,12?/m0/s1. The monoisotopic (exact) mass is 285 g/mol. The Morgan fingerprint density at radius 1 is 1.15 bits per heavy atom. The Morgan fingerprint density at radius 2 is 1.70 bits per heavy atom. The molecule has 0 aliphatic carbocycles. The summed E-state index contributed by atoms with van der Waals surface area (Å²) < 4.78 is 10.9. The third-order valence-electron chi connectivity index (χ3n) is 3.66. The highest BCUT2D eigenvalue weighted by atomic mass is 16.6. The smallest absolute Gasteiger partial charge is 0.328 e. The van der Waals surface area contributed by atoms with Crippen LogP contribution in [0.2, 0.25) is 0 Å². The zero-order valence-corrected chi connectivity index (χ0v) is 13.5. The largest absolute Gasteiger partial charge is 0.458 e. The first-order valence-corrected chi connectivity index (χ1v) is 7.21. The summed E-state index contributed by atoms with van der Waals surface area (Å²) in [6, 6.07) is -0.656. The van der Waals surface area contributed by atoms with Gasteiger partial charge in [-0.1, -0.05) is 6.92 Å². The fourth-order valence-corrected chi connectivity index (χ4v) is 2.48. The summed E-state index contributed by atoms with van der Waals surface area (Å²) in [4.78, 5) is 24.2. The Kier molecular flexibility index (Phi) is 5.19. The fourth-order valence-electron chi connectivity index (χ4n) is 2.48. The molecule has 0 spiro atoms. The zero-order valence-electron chi connectivity index (χ0n) is 13.5. The highest BCUT2D eigenvalue weighted by Gasteiger charge is 2.42. The molecule has 0 aromatic rings. The van der Waals surface area contributed by atoms with Crippen LogP contribution < -0.4 is 5.32 Å². The lowest BCUT2D eigenvalue weighted by Gasteiger charge is -2.24. The van der Waals surface area contributed by atoms with Crippen molar-refractivity contribution in [3.05, 3.63) is 0 Å². The fraction of sp³-hybridized carbons (Fsp3) is 0.867. The molecule has 5 heteroatoms. The molecule has 4 unspecified atom stereocenters. The molecule has 0 saturated carbocycles. The van der Waals surface area contributed by atoms with Gasteiger partial charge in [-0.3, -0.25) is 4.79 Å². The van der Waals surface area contributed by atoms with E-state index in [1.165, 1.54) is 0 Å². The van der Waals surface area contributed by atoms with Gasteiger partial charge in [-0.15, -0.1) is 0 Å². The summed E-state index contributed by atoms with van der Waals surface area (Å²) in [5.74, 6) is -0.656. The lowest BCUT2D eigenvalue weighted by molar-refractivity contribution is -0.158. The minimum atomic E-state index is -0.656. The lowest BCUT2D eigenvalue weighted by Crippen LogP contribution is -2.46. The lowest BCUT2D eigenvalue weighted by atomic mass is 9.88. The van der Waals surface area contributed by atoms with Crippen molar-refractivity contribution in [2.75, 3.05) is 0 Å². The molecule has 1 aliphatic rings. The second kappa shape index (κ2) is 6.12. The summed E-state index contributed by atoms with van der Waals surface area (Å²) >= 11 is 0. The van der Waals surface area contributed by atoms with Crippen molar-refractivity contribution in [1.82, 2.24) is 5.32 Å². The summed E-state index contributed by atoms with van der Waals surface area (Å²) in [5, 5.41) is 2.73. The second-order valence-corrected chi connectivity index (χ2v) is 6.69. The number of ether oxygens (including phenoxy) is 2. The highest BCUT2D eigenvalue weighted by Crippen LogP contribution is 2.32. The van der Waals surface area contributed by atoms with E-state index in [2.05, 4.69) is 5.32 Å². The molecule has 0 aromatic carbocycles. The number of esters is 1. The quantitative estimate of drug-likeness (QED) is 0.804. The Bertz CT molecular complexity index is 375. The van der Waals surface area contributed by atoms with Crippen LogP contribution in [0.25, 0.3) is 0 Å². The van der Waals surface area contributed by atoms with Crippen LogP contribution in [0.3, 0.4) is 0 Å². The number of rotatable bonds is 3. The van der Waals surface area contributed by atoms with Gasteiger partial charge in [0.25, 0.3) is 0 Å². The molecule has 20 heavy (non-hydrogen) atoms. The van der Waals surface area contributed by atoms with Crippen molar-refractivity contribution in [2.45, 2.75) is 72.3 Å². The summed E-state index contributed by atoms with van der Waals surface area (Å²) in [6.07, 6.45) is -0.0802. The average Bonchev–Trinajstić information content (AvgIpc) is 2.50. The first-order valence-electron chi connectivity index (χ1n) is 7.21. The molecule has 5 nitrogen and oxygen atoms in total. The van der Waals surface area contributed by atoms with Crippen molar-refractivity contribution in [3.8, 4) is 0 Å². The molecule has 1 aliphatic heterocycles. The third kappa shape index (κ3) is 4.20. The number of hydrogen-bond donors (Lipinski definition) is 1. The maximum atomic E-state index is 12.3. The van der Waals surface area contributed by atoms with E-state index in [1.807, 2.05) is 20.8 Å². The van der Waals surface area contributed by atoms with Gasteiger partial charge in [0, 0.05) is 0 Å². The van der Waals surface area contributed by atoms with Crippen molar-refractivity contribution in [2.24, 2.45) is 11.8 Å². The van der Waals surface area contributed by atoms with Gasteiger partial charge in [0.15, 0.2) is 0 Å². The summed E-state index contributed by atoms with van der Waals surface area (Å²) in [6.45, 7) is 12.9. The van der Waals surface area contributed by atoms with Crippen molar-refractivity contribution in [1.29, 1.82) is 0 Å². The minimum Gasteiger partial charge on any atom is -0.458 e. The predicted octanol–water partition coefficient (Wildman–Crippen LogP) is 1.89. The second-order valence-electron chi connectivity index (χ2n) is 6.69. The van der Waals surface area contributed by atoms with Gasteiger partial charge in [-0.2, -0.15) is 0 Å². The van der Waals surface area contributed by atoms with E-state index in [4.69, 9.17) is 9.47 Å². The van der Waals surface area contributed by atoms with Gasteiger partial charge < -0.3 is 14.8 Å². The van der Waals surface area contributed by atoms with E-state index >= 15 is 0 Å². The van der Waals surface area contributed by atoms with Crippen LogP contribution in [-0.2, 0) is 19.1 Å². The molecule has 1 amide bonds. The Hall–Kier alpha value is -1.10. The normalized spacial score (nSPS) is 31.8. The summed E-state index contributed by atoms with van der Waals surface area (Å²) in [7, 11) is 0. The van der Waals surface area contributed by atoms with E-state index in [1.54, 1.807) is 27.7 Å². The molecule has 0 bridgehead atoms. The molecule has 1 heterocycles. The van der Waals surface area contributed by atoms with Gasteiger partial charge in [-0.25, -0.2) is 4.79 Å². The molecule has 1 rings (SSSR count). The first-order chi connectivity index (χ1) is 9.03. The Labute approximate surface area is 121 Å². The predicted molar refractivity (Wildman–Crippen MR) is 76.1 cm³/mol. The summed E-state index contributed by atoms with van der Waals surface area (Å²) in [5.41, 5.74) is -0.554. The van der Waals surface area contributed by atoms with Crippen molar-refractivity contribution in [3.63, 3.8) is 0 Å². The third-order valence-corrected chi connectivity index (χ3v) is 3.66. The number of nitrogens with one attached hydrogen (secondary N) is 1. The van der Waals surface area contributed by atoms with Crippen LogP contribution in [0.1, 0.15) is 48.5 Å². The van der Waals surface area contributed by atoms with Crippen LogP contribution >= 0.6 is 0 Å². The molecule has 1 fully saturated rings. The Morgan fingerprint density at radius 3 is 2.10 bits per heavy atom. The molecule has 1 N–H and O–H groups in total. The van der Waals surface area contributed by atoms with Gasteiger partial charge in [0.05, 0.1) is 18.1 Å². The van der Waals surface area contributed by atoms with E-state index in [9.17, 15) is 9.59 Å². The molecule has 1 saturated heterocycles. The van der Waals surface area contributed by atoms with E-state index in [-0.39, 0.29) is 30.0 Å². The average molecular weight is 285 g/mol. The molecule has 0 aromatic heterocycles. The van der Waals surface area contributed by atoms with Crippen LogP contribution in [0.5, 0.6) is 0 Å². The maximum absolute atomic E-state index is 12.3. The Balaban J connectivity index is 2.60. The number of hydrogen-bond acceptors (Lipinski definition) is 4. The molecule has 5 atom stereocenters.